The van der Waals surface area contributed by atoms with Crippen molar-refractivity contribution in [3.05, 3.63) is 78.1 Å². The number of ether oxygens (including phenoxy) is 2. The number of benzene rings is 2. The highest BCUT2D eigenvalue weighted by Crippen LogP contribution is 2.45. The molecule has 0 amide bonds. The number of nitriles is 1. The normalized spacial score (nSPS) is 13.6. The SMILES string of the molecule is COc1c(C#N)ccc(N(Cc2cccnc2)c2ccccc2)c1OC1CCCC1. The van der Waals surface area contributed by atoms with E-state index in [9.17, 15) is 5.26 Å². The molecule has 1 heterocycles. The van der Waals surface area contributed by atoms with Gasteiger partial charge in [0.15, 0.2) is 11.5 Å². The number of rotatable bonds is 7. The second-order valence-electron chi connectivity index (χ2n) is 7.41. The summed E-state index contributed by atoms with van der Waals surface area (Å²) in [7, 11) is 1.59. The fourth-order valence-electron chi connectivity index (χ4n) is 3.94. The molecule has 0 N–H and O–H groups in total. The molecule has 0 radical (unpaired) electrons. The summed E-state index contributed by atoms with van der Waals surface area (Å²) >= 11 is 0. The summed E-state index contributed by atoms with van der Waals surface area (Å²) in [5, 5.41) is 9.61. The summed E-state index contributed by atoms with van der Waals surface area (Å²) < 4.78 is 12.1. The Morgan fingerprint density at radius 3 is 2.50 bits per heavy atom. The summed E-state index contributed by atoms with van der Waals surface area (Å²) in [6, 6.07) is 20.2. The van der Waals surface area contributed by atoms with Crippen molar-refractivity contribution in [1.29, 1.82) is 5.26 Å². The first-order valence-corrected chi connectivity index (χ1v) is 10.3. The van der Waals surface area contributed by atoms with Crippen molar-refractivity contribution in [3.8, 4) is 17.6 Å². The van der Waals surface area contributed by atoms with Gasteiger partial charge in [-0.15, -0.1) is 0 Å². The zero-order valence-corrected chi connectivity index (χ0v) is 17.1. The number of methoxy groups -OCH3 is 1. The first-order chi connectivity index (χ1) is 14.8. The molecule has 1 saturated carbocycles. The molecule has 152 valence electrons. The minimum atomic E-state index is 0.141. The largest absolute Gasteiger partial charge is 0.491 e. The number of anilines is 2. The van der Waals surface area contributed by atoms with Gasteiger partial charge in [-0.3, -0.25) is 4.98 Å². The molecule has 4 rings (SSSR count). The zero-order valence-electron chi connectivity index (χ0n) is 17.1. The van der Waals surface area contributed by atoms with Gasteiger partial charge >= 0.3 is 0 Å². The summed E-state index contributed by atoms with van der Waals surface area (Å²) in [5.74, 6) is 1.13. The molecule has 2 aromatic carbocycles. The van der Waals surface area contributed by atoms with E-state index in [1.165, 1.54) is 12.8 Å². The third-order valence-corrected chi connectivity index (χ3v) is 5.42. The molecule has 0 aliphatic heterocycles. The first-order valence-electron chi connectivity index (χ1n) is 10.3. The molecule has 5 heteroatoms. The van der Waals surface area contributed by atoms with Gasteiger partial charge < -0.3 is 14.4 Å². The van der Waals surface area contributed by atoms with Crippen LogP contribution in [0.4, 0.5) is 11.4 Å². The Bertz CT molecular complexity index is 1010. The molecule has 1 aliphatic rings. The second kappa shape index (κ2) is 9.32. The van der Waals surface area contributed by atoms with Crippen molar-refractivity contribution >= 4 is 11.4 Å². The number of aromatic nitrogens is 1. The van der Waals surface area contributed by atoms with Crippen LogP contribution in [0.25, 0.3) is 0 Å². The lowest BCUT2D eigenvalue weighted by molar-refractivity contribution is 0.201. The predicted molar refractivity (Wildman–Crippen MR) is 117 cm³/mol. The molecule has 1 aromatic heterocycles. The highest BCUT2D eigenvalue weighted by atomic mass is 16.5. The summed E-state index contributed by atoms with van der Waals surface area (Å²) in [6.45, 7) is 0.619. The van der Waals surface area contributed by atoms with Crippen molar-refractivity contribution in [1.82, 2.24) is 4.98 Å². The number of para-hydroxylation sites is 1. The van der Waals surface area contributed by atoms with Crippen LogP contribution in [-0.2, 0) is 6.54 Å². The van der Waals surface area contributed by atoms with Gasteiger partial charge in [-0.05, 0) is 61.6 Å². The number of hydrogen-bond donors (Lipinski definition) is 0. The molecule has 1 fully saturated rings. The quantitative estimate of drug-likeness (QED) is 0.516. The average Bonchev–Trinajstić information content (AvgIpc) is 3.32. The third-order valence-electron chi connectivity index (χ3n) is 5.42. The Morgan fingerprint density at radius 1 is 1.03 bits per heavy atom. The molecule has 3 aromatic rings. The molecule has 0 saturated heterocycles. The van der Waals surface area contributed by atoms with Gasteiger partial charge in [0.1, 0.15) is 6.07 Å². The van der Waals surface area contributed by atoms with E-state index in [2.05, 4.69) is 34.2 Å². The molecular weight excluding hydrogens is 374 g/mol. The van der Waals surface area contributed by atoms with Gasteiger partial charge in [-0.2, -0.15) is 5.26 Å². The van der Waals surface area contributed by atoms with Crippen molar-refractivity contribution < 1.29 is 9.47 Å². The number of nitrogens with zero attached hydrogens (tertiary/aromatic N) is 3. The van der Waals surface area contributed by atoms with Crippen LogP contribution in [0.5, 0.6) is 11.5 Å². The number of pyridine rings is 1. The van der Waals surface area contributed by atoms with Crippen LogP contribution in [0.2, 0.25) is 0 Å². The molecular formula is C25H25N3O2. The minimum absolute atomic E-state index is 0.141. The van der Waals surface area contributed by atoms with Crippen molar-refractivity contribution in [2.45, 2.75) is 38.3 Å². The van der Waals surface area contributed by atoms with E-state index < -0.39 is 0 Å². The van der Waals surface area contributed by atoms with E-state index in [0.717, 1.165) is 29.8 Å². The van der Waals surface area contributed by atoms with E-state index in [0.29, 0.717) is 23.6 Å². The smallest absolute Gasteiger partial charge is 0.186 e. The molecule has 5 nitrogen and oxygen atoms in total. The van der Waals surface area contributed by atoms with E-state index >= 15 is 0 Å². The maximum atomic E-state index is 9.61. The van der Waals surface area contributed by atoms with Crippen molar-refractivity contribution in [3.63, 3.8) is 0 Å². The highest BCUT2D eigenvalue weighted by Gasteiger charge is 2.26. The van der Waals surface area contributed by atoms with Gasteiger partial charge in [0.05, 0.1) is 24.5 Å². The Kier molecular flexibility index (Phi) is 6.14. The summed E-state index contributed by atoms with van der Waals surface area (Å²) in [6.07, 6.45) is 8.16. The third kappa shape index (κ3) is 4.23. The van der Waals surface area contributed by atoms with Crippen LogP contribution in [-0.4, -0.2) is 18.2 Å². The Labute approximate surface area is 177 Å². The van der Waals surface area contributed by atoms with Crippen molar-refractivity contribution in [2.75, 3.05) is 12.0 Å². The van der Waals surface area contributed by atoms with Gasteiger partial charge in [-0.1, -0.05) is 24.3 Å². The Hall–Kier alpha value is -3.52. The van der Waals surface area contributed by atoms with Crippen LogP contribution in [0.3, 0.4) is 0 Å². The van der Waals surface area contributed by atoms with E-state index in [1.807, 2.05) is 36.5 Å². The fourth-order valence-corrected chi connectivity index (χ4v) is 3.94. The standard InChI is InChI=1S/C25H25N3O2/c1-29-24-20(16-26)13-14-23(25(24)30-22-11-5-6-12-22)28(21-9-3-2-4-10-21)18-19-8-7-15-27-17-19/h2-4,7-10,13-15,17,22H,5-6,11-12,18H2,1H3. The first kappa shape index (κ1) is 19.8. The average molecular weight is 399 g/mol. The molecule has 1 aliphatic carbocycles. The maximum absolute atomic E-state index is 9.61. The molecule has 0 atom stereocenters. The monoisotopic (exact) mass is 399 g/mol. The zero-order chi connectivity index (χ0) is 20.8. The fraction of sp³-hybridized carbons (Fsp3) is 0.280. The topological polar surface area (TPSA) is 58.4 Å². The Morgan fingerprint density at radius 2 is 1.83 bits per heavy atom. The number of hydrogen-bond acceptors (Lipinski definition) is 5. The molecule has 0 bridgehead atoms. The summed E-state index contributed by atoms with van der Waals surface area (Å²) in [5.41, 5.74) is 3.47. The highest BCUT2D eigenvalue weighted by molar-refractivity contribution is 5.75. The predicted octanol–water partition coefficient (Wildman–Crippen LogP) is 5.62. The van der Waals surface area contributed by atoms with Gasteiger partial charge in [0.2, 0.25) is 0 Å². The molecule has 0 unspecified atom stereocenters. The van der Waals surface area contributed by atoms with Gasteiger partial charge in [-0.25, -0.2) is 0 Å². The summed E-state index contributed by atoms with van der Waals surface area (Å²) in [4.78, 5) is 6.45. The maximum Gasteiger partial charge on any atom is 0.186 e. The lowest BCUT2D eigenvalue weighted by atomic mass is 10.1. The van der Waals surface area contributed by atoms with Gasteiger partial charge in [0, 0.05) is 24.6 Å². The van der Waals surface area contributed by atoms with Crippen LogP contribution in [0.15, 0.2) is 67.0 Å². The van der Waals surface area contributed by atoms with E-state index in [-0.39, 0.29) is 6.10 Å². The van der Waals surface area contributed by atoms with E-state index in [4.69, 9.17) is 9.47 Å². The Balaban J connectivity index is 1.83. The van der Waals surface area contributed by atoms with Gasteiger partial charge in [0.25, 0.3) is 0 Å². The van der Waals surface area contributed by atoms with Crippen LogP contribution >= 0.6 is 0 Å². The van der Waals surface area contributed by atoms with Crippen molar-refractivity contribution in [2.24, 2.45) is 0 Å². The van der Waals surface area contributed by atoms with Crippen LogP contribution in [0.1, 0.15) is 36.8 Å². The van der Waals surface area contributed by atoms with Crippen LogP contribution in [0, 0.1) is 11.3 Å². The van der Waals surface area contributed by atoms with Crippen LogP contribution < -0.4 is 14.4 Å². The molecule has 30 heavy (non-hydrogen) atoms. The minimum Gasteiger partial charge on any atom is -0.491 e. The molecule has 0 spiro atoms. The second-order valence-corrected chi connectivity index (χ2v) is 7.41. The lowest BCUT2D eigenvalue weighted by Crippen LogP contribution is -2.20. The lowest BCUT2D eigenvalue weighted by Gasteiger charge is -2.29. The van der Waals surface area contributed by atoms with E-state index in [1.54, 1.807) is 19.4 Å².